The van der Waals surface area contributed by atoms with E-state index in [0.29, 0.717) is 24.6 Å². The van der Waals surface area contributed by atoms with Gasteiger partial charge in [-0.25, -0.2) is 9.97 Å². The second-order valence-electron chi connectivity index (χ2n) is 7.15. The van der Waals surface area contributed by atoms with Crippen molar-refractivity contribution in [3.8, 4) is 0 Å². The van der Waals surface area contributed by atoms with E-state index in [9.17, 15) is 18.0 Å². The Morgan fingerprint density at radius 1 is 1.16 bits per heavy atom. The van der Waals surface area contributed by atoms with Crippen molar-refractivity contribution < 1.29 is 18.0 Å². The number of thiazole rings is 1. The highest BCUT2D eigenvalue weighted by Crippen LogP contribution is 2.32. The number of hydrogen-bond acceptors (Lipinski definition) is 4. The van der Waals surface area contributed by atoms with E-state index in [1.165, 1.54) is 23.5 Å². The predicted octanol–water partition coefficient (Wildman–Crippen LogP) is 5.98. The van der Waals surface area contributed by atoms with Gasteiger partial charge in [0.1, 0.15) is 0 Å². The molecule has 0 aliphatic carbocycles. The maximum absolute atomic E-state index is 13.2. The van der Waals surface area contributed by atoms with Gasteiger partial charge in [0.05, 0.1) is 22.1 Å². The predicted molar refractivity (Wildman–Crippen MR) is 122 cm³/mol. The summed E-state index contributed by atoms with van der Waals surface area (Å²) < 4.78 is 41.5. The molecule has 0 unspecified atom stereocenters. The highest BCUT2D eigenvalue weighted by Gasteiger charge is 2.30. The minimum Gasteiger partial charge on any atom is -0.337 e. The number of imidazole rings is 1. The molecule has 4 rings (SSSR count). The van der Waals surface area contributed by atoms with Gasteiger partial charge in [0, 0.05) is 31.0 Å². The Morgan fingerprint density at radius 3 is 2.56 bits per heavy atom. The molecule has 4 aromatic rings. The van der Waals surface area contributed by atoms with Gasteiger partial charge in [-0.15, -0.1) is 12.4 Å². The third-order valence-corrected chi connectivity index (χ3v) is 5.87. The number of hydrogen-bond donors (Lipinski definition) is 0. The van der Waals surface area contributed by atoms with Gasteiger partial charge in [0.25, 0.3) is 5.91 Å². The number of benzene rings is 2. The highest BCUT2D eigenvalue weighted by atomic mass is 35.5. The van der Waals surface area contributed by atoms with Crippen LogP contribution in [0, 0.1) is 6.92 Å². The molecule has 0 saturated carbocycles. The number of halogens is 4. The van der Waals surface area contributed by atoms with Crippen molar-refractivity contribution in [1.82, 2.24) is 14.5 Å². The molecule has 10 heteroatoms. The van der Waals surface area contributed by atoms with E-state index in [0.717, 1.165) is 27.9 Å². The lowest BCUT2D eigenvalue weighted by atomic mass is 10.1. The van der Waals surface area contributed by atoms with Crippen LogP contribution in [0.1, 0.15) is 27.9 Å². The molecule has 0 spiro atoms. The molecule has 0 aliphatic heterocycles. The summed E-state index contributed by atoms with van der Waals surface area (Å²) >= 11 is 1.39. The first kappa shape index (κ1) is 23.7. The normalized spacial score (nSPS) is 11.4. The Hall–Kier alpha value is -2.91. The van der Waals surface area contributed by atoms with Crippen LogP contribution in [0.5, 0.6) is 0 Å². The standard InChI is InChI=1S/C22H19F3N4OS.ClH/c1-15-3-8-18-19(13-15)31-21(27-18)29(11-2-10-28-12-9-26-14-28)20(30)16-4-6-17(7-5-16)22(23,24)25;/h3-9,12-14H,2,10-11H2,1H3;1H. The molecule has 0 fully saturated rings. The van der Waals surface area contributed by atoms with Crippen molar-refractivity contribution in [3.63, 3.8) is 0 Å². The van der Waals surface area contributed by atoms with Gasteiger partial charge >= 0.3 is 6.18 Å². The Balaban J connectivity index is 0.00000289. The molecule has 2 heterocycles. The summed E-state index contributed by atoms with van der Waals surface area (Å²) in [5.41, 5.74) is 1.27. The zero-order chi connectivity index (χ0) is 22.0. The SMILES string of the molecule is Cc1ccc2nc(N(CCCn3ccnc3)C(=O)c3ccc(C(F)(F)F)cc3)sc2c1.Cl. The number of alkyl halides is 3. The smallest absolute Gasteiger partial charge is 0.337 e. The fraction of sp³-hybridized carbons (Fsp3) is 0.227. The van der Waals surface area contributed by atoms with E-state index in [-0.39, 0.29) is 23.9 Å². The van der Waals surface area contributed by atoms with Crippen LogP contribution < -0.4 is 4.90 Å². The summed E-state index contributed by atoms with van der Waals surface area (Å²) in [5.74, 6) is -0.380. The minimum absolute atomic E-state index is 0. The molecule has 0 bridgehead atoms. The fourth-order valence-corrected chi connectivity index (χ4v) is 4.30. The molecule has 2 aromatic heterocycles. The molecule has 2 aromatic carbocycles. The number of rotatable bonds is 6. The lowest BCUT2D eigenvalue weighted by Gasteiger charge is -2.20. The second-order valence-corrected chi connectivity index (χ2v) is 8.16. The zero-order valence-electron chi connectivity index (χ0n) is 17.0. The van der Waals surface area contributed by atoms with Crippen LogP contribution in [0.25, 0.3) is 10.2 Å². The quantitative estimate of drug-likeness (QED) is 0.341. The van der Waals surface area contributed by atoms with Crippen LogP contribution in [0.15, 0.2) is 61.2 Å². The molecular formula is C22H20ClF3N4OS. The fourth-order valence-electron chi connectivity index (χ4n) is 3.21. The number of amides is 1. The zero-order valence-corrected chi connectivity index (χ0v) is 18.7. The summed E-state index contributed by atoms with van der Waals surface area (Å²) in [6.07, 6.45) is 1.40. The van der Waals surface area contributed by atoms with Crippen molar-refractivity contribution in [2.45, 2.75) is 26.1 Å². The van der Waals surface area contributed by atoms with Crippen molar-refractivity contribution in [1.29, 1.82) is 0 Å². The van der Waals surface area contributed by atoms with E-state index in [4.69, 9.17) is 0 Å². The van der Waals surface area contributed by atoms with Gasteiger partial charge in [-0.3, -0.25) is 9.69 Å². The first-order chi connectivity index (χ1) is 14.8. The molecule has 0 atom stereocenters. The molecule has 0 saturated heterocycles. The van der Waals surface area contributed by atoms with E-state index < -0.39 is 11.7 Å². The Kier molecular flexibility index (Phi) is 7.20. The number of fused-ring (bicyclic) bond motifs is 1. The number of aromatic nitrogens is 3. The summed E-state index contributed by atoms with van der Waals surface area (Å²) in [6, 6.07) is 10.1. The Morgan fingerprint density at radius 2 is 1.91 bits per heavy atom. The maximum atomic E-state index is 13.2. The number of anilines is 1. The van der Waals surface area contributed by atoms with Gasteiger partial charge < -0.3 is 4.57 Å². The number of carbonyl (C=O) groups excluding carboxylic acids is 1. The third-order valence-electron chi connectivity index (χ3n) is 4.83. The lowest BCUT2D eigenvalue weighted by Crippen LogP contribution is -2.32. The first-order valence-corrected chi connectivity index (χ1v) is 10.4. The molecule has 0 aliphatic rings. The summed E-state index contributed by atoms with van der Waals surface area (Å²) in [5, 5.41) is 0.524. The van der Waals surface area contributed by atoms with Crippen molar-refractivity contribution >= 4 is 45.0 Å². The van der Waals surface area contributed by atoms with E-state index in [1.54, 1.807) is 17.4 Å². The van der Waals surface area contributed by atoms with E-state index in [1.807, 2.05) is 35.9 Å². The van der Waals surface area contributed by atoms with Crippen molar-refractivity contribution in [2.75, 3.05) is 11.4 Å². The molecular weight excluding hydrogens is 461 g/mol. The Bertz CT molecular complexity index is 1190. The van der Waals surface area contributed by atoms with Crippen LogP contribution in [-0.2, 0) is 12.7 Å². The highest BCUT2D eigenvalue weighted by molar-refractivity contribution is 7.22. The van der Waals surface area contributed by atoms with E-state index in [2.05, 4.69) is 9.97 Å². The molecule has 0 N–H and O–H groups in total. The van der Waals surface area contributed by atoms with Gasteiger partial charge in [0.15, 0.2) is 5.13 Å². The largest absolute Gasteiger partial charge is 0.416 e. The number of carbonyl (C=O) groups is 1. The molecule has 5 nitrogen and oxygen atoms in total. The van der Waals surface area contributed by atoms with Gasteiger partial charge in [0.2, 0.25) is 0 Å². The van der Waals surface area contributed by atoms with Gasteiger partial charge in [-0.2, -0.15) is 13.2 Å². The lowest BCUT2D eigenvalue weighted by molar-refractivity contribution is -0.137. The van der Waals surface area contributed by atoms with Crippen LogP contribution in [0.3, 0.4) is 0 Å². The van der Waals surface area contributed by atoms with Crippen molar-refractivity contribution in [2.24, 2.45) is 0 Å². The number of nitrogens with zero attached hydrogens (tertiary/aromatic N) is 4. The minimum atomic E-state index is -4.45. The van der Waals surface area contributed by atoms with Gasteiger partial charge in [-0.05, 0) is 55.3 Å². The average Bonchev–Trinajstić information content (AvgIpc) is 3.39. The molecule has 0 radical (unpaired) electrons. The second kappa shape index (κ2) is 9.70. The van der Waals surface area contributed by atoms with Crippen LogP contribution >= 0.6 is 23.7 Å². The maximum Gasteiger partial charge on any atom is 0.416 e. The van der Waals surface area contributed by atoms with Gasteiger partial charge in [-0.1, -0.05) is 17.4 Å². The van der Waals surface area contributed by atoms with E-state index >= 15 is 0 Å². The van der Waals surface area contributed by atoms with Crippen LogP contribution in [-0.4, -0.2) is 27.0 Å². The molecule has 32 heavy (non-hydrogen) atoms. The third kappa shape index (κ3) is 5.28. The summed E-state index contributed by atoms with van der Waals surface area (Å²) in [7, 11) is 0. The Labute approximate surface area is 192 Å². The van der Waals surface area contributed by atoms with Crippen LogP contribution in [0.4, 0.5) is 18.3 Å². The topological polar surface area (TPSA) is 51.0 Å². The average molecular weight is 481 g/mol. The molecule has 168 valence electrons. The monoisotopic (exact) mass is 480 g/mol. The molecule has 1 amide bonds. The summed E-state index contributed by atoms with van der Waals surface area (Å²) in [6.45, 7) is 3.01. The van der Waals surface area contributed by atoms with Crippen LogP contribution in [0.2, 0.25) is 0 Å². The first-order valence-electron chi connectivity index (χ1n) is 9.63. The number of aryl methyl sites for hydroxylation is 2. The summed E-state index contributed by atoms with van der Waals surface area (Å²) in [4.78, 5) is 23.4. The van der Waals surface area contributed by atoms with Crippen molar-refractivity contribution in [3.05, 3.63) is 77.9 Å².